The zero-order chi connectivity index (χ0) is 15.7. The van der Waals surface area contributed by atoms with Gasteiger partial charge in [0.05, 0.1) is 10.5 Å². The van der Waals surface area contributed by atoms with Crippen LogP contribution in [0.1, 0.15) is 46.5 Å². The third kappa shape index (κ3) is 3.52. The lowest BCUT2D eigenvalue weighted by Crippen LogP contribution is -2.57. The van der Waals surface area contributed by atoms with Crippen LogP contribution in [0.5, 0.6) is 0 Å². The Morgan fingerprint density at radius 3 is 2.38 bits per heavy atom. The van der Waals surface area contributed by atoms with E-state index in [-0.39, 0.29) is 5.75 Å². The van der Waals surface area contributed by atoms with Crippen molar-refractivity contribution >= 4 is 15.8 Å². The van der Waals surface area contributed by atoms with Crippen molar-refractivity contribution in [3.8, 4) is 0 Å². The van der Waals surface area contributed by atoms with Gasteiger partial charge in [0.1, 0.15) is 0 Å². The van der Waals surface area contributed by atoms with Crippen molar-refractivity contribution in [3.05, 3.63) is 0 Å². The molecule has 1 N–H and O–H groups in total. The molecule has 1 aliphatic heterocycles. The van der Waals surface area contributed by atoms with E-state index in [1.807, 2.05) is 0 Å². The highest BCUT2D eigenvalue weighted by molar-refractivity contribution is 7.92. The average molecular weight is 315 g/mol. The first-order valence-corrected chi connectivity index (χ1v) is 9.52. The molecule has 21 heavy (non-hydrogen) atoms. The Balaban J connectivity index is 1.99. The molecule has 122 valence electrons. The maximum absolute atomic E-state index is 12.1. The molecule has 0 atom stereocenters. The summed E-state index contributed by atoms with van der Waals surface area (Å²) in [7, 11) is -1.23. The van der Waals surface area contributed by atoms with Crippen LogP contribution < -0.4 is 5.32 Å². The molecule has 5 nitrogen and oxygen atoms in total. The molecule has 0 bridgehead atoms. The van der Waals surface area contributed by atoms with Crippen molar-refractivity contribution in [1.82, 2.24) is 10.2 Å². The molecule has 0 aromatic carbocycles. The summed E-state index contributed by atoms with van der Waals surface area (Å²) >= 11 is 0. The van der Waals surface area contributed by atoms with Crippen molar-refractivity contribution < 1.29 is 8.42 Å². The van der Waals surface area contributed by atoms with Gasteiger partial charge in [0.25, 0.3) is 0 Å². The van der Waals surface area contributed by atoms with Crippen LogP contribution in [0.3, 0.4) is 0 Å². The monoisotopic (exact) mass is 315 g/mol. The predicted octanol–water partition coefficient (Wildman–Crippen LogP) is 1.65. The molecule has 1 saturated heterocycles. The first-order valence-electron chi connectivity index (χ1n) is 7.87. The van der Waals surface area contributed by atoms with E-state index < -0.39 is 14.6 Å². The third-order valence-electron chi connectivity index (χ3n) is 5.04. The zero-order valence-corrected chi connectivity index (χ0v) is 14.6. The minimum Gasteiger partial charge on any atom is -0.356 e. The number of nitrogens with one attached hydrogen (secondary N) is 1. The van der Waals surface area contributed by atoms with Gasteiger partial charge in [-0.15, -0.1) is 0 Å². The van der Waals surface area contributed by atoms with Crippen molar-refractivity contribution in [2.75, 3.05) is 32.4 Å². The number of aliphatic imine (C=N–C) groups is 1. The maximum Gasteiger partial charge on any atom is 0.193 e. The SMILES string of the molecule is CN=C(NCC1(C)CCCC1)N1CCS(=O)(=O)C(C)(C)C1. The fraction of sp³-hybridized carbons (Fsp3) is 0.933. The van der Waals surface area contributed by atoms with Crippen LogP contribution in [-0.2, 0) is 9.84 Å². The number of hydrogen-bond donors (Lipinski definition) is 1. The smallest absolute Gasteiger partial charge is 0.193 e. The van der Waals surface area contributed by atoms with E-state index in [0.717, 1.165) is 12.5 Å². The minimum absolute atomic E-state index is 0.206. The topological polar surface area (TPSA) is 61.8 Å². The first kappa shape index (κ1) is 16.6. The molecule has 1 aliphatic carbocycles. The Kier molecular flexibility index (Phi) is 4.57. The maximum atomic E-state index is 12.1. The van der Waals surface area contributed by atoms with E-state index in [2.05, 4.69) is 22.1 Å². The van der Waals surface area contributed by atoms with Gasteiger partial charge in [-0.2, -0.15) is 0 Å². The summed E-state index contributed by atoms with van der Waals surface area (Å²) in [6.45, 7) is 7.89. The van der Waals surface area contributed by atoms with Crippen molar-refractivity contribution in [2.45, 2.75) is 51.2 Å². The van der Waals surface area contributed by atoms with Crippen LogP contribution in [0.4, 0.5) is 0 Å². The minimum atomic E-state index is -3.00. The quantitative estimate of drug-likeness (QED) is 0.622. The molecule has 0 aromatic heterocycles. The lowest BCUT2D eigenvalue weighted by atomic mass is 9.89. The van der Waals surface area contributed by atoms with Gasteiger partial charge < -0.3 is 10.2 Å². The van der Waals surface area contributed by atoms with E-state index in [1.54, 1.807) is 20.9 Å². The van der Waals surface area contributed by atoms with E-state index in [0.29, 0.717) is 18.5 Å². The summed E-state index contributed by atoms with van der Waals surface area (Å²) in [5.74, 6) is 1.05. The highest BCUT2D eigenvalue weighted by atomic mass is 32.2. The van der Waals surface area contributed by atoms with Crippen molar-refractivity contribution in [3.63, 3.8) is 0 Å². The van der Waals surface area contributed by atoms with E-state index in [4.69, 9.17) is 0 Å². The molecule has 0 unspecified atom stereocenters. The molecular formula is C15H29N3O2S. The molecule has 0 radical (unpaired) electrons. The summed E-state index contributed by atoms with van der Waals surface area (Å²) in [4.78, 5) is 6.44. The number of guanidine groups is 1. The molecule has 0 aromatic rings. The fourth-order valence-corrected chi connectivity index (χ4v) is 4.72. The lowest BCUT2D eigenvalue weighted by molar-refractivity contribution is 0.313. The molecule has 2 fully saturated rings. The van der Waals surface area contributed by atoms with Crippen LogP contribution in [0.15, 0.2) is 4.99 Å². The largest absolute Gasteiger partial charge is 0.356 e. The van der Waals surface area contributed by atoms with Crippen LogP contribution in [0, 0.1) is 5.41 Å². The second-order valence-corrected chi connectivity index (χ2v) is 10.2. The molecule has 1 saturated carbocycles. The van der Waals surface area contributed by atoms with Gasteiger partial charge in [-0.3, -0.25) is 4.99 Å². The molecule has 0 amide bonds. The summed E-state index contributed by atoms with van der Waals surface area (Å²) in [5, 5.41) is 3.47. The Bertz CT molecular complexity index is 505. The van der Waals surface area contributed by atoms with Crippen LogP contribution in [-0.4, -0.2) is 56.5 Å². The fourth-order valence-electron chi connectivity index (χ4n) is 3.35. The Hall–Kier alpha value is -0.780. The van der Waals surface area contributed by atoms with E-state index in [9.17, 15) is 8.42 Å². The van der Waals surface area contributed by atoms with Crippen LogP contribution >= 0.6 is 0 Å². The molecule has 6 heteroatoms. The third-order valence-corrected chi connectivity index (χ3v) is 7.57. The van der Waals surface area contributed by atoms with Gasteiger partial charge in [-0.1, -0.05) is 19.8 Å². The van der Waals surface area contributed by atoms with Crippen molar-refractivity contribution in [1.29, 1.82) is 0 Å². The molecule has 2 aliphatic rings. The van der Waals surface area contributed by atoms with Gasteiger partial charge in [-0.25, -0.2) is 8.42 Å². The van der Waals surface area contributed by atoms with E-state index in [1.165, 1.54) is 25.7 Å². The summed E-state index contributed by atoms with van der Waals surface area (Å²) < 4.78 is 23.5. The standard InChI is InChI=1S/C15H29N3O2S/c1-14(2)12-18(9-10-21(14,19)20)13(16-4)17-11-15(3)7-5-6-8-15/h5-12H2,1-4H3,(H,16,17). The van der Waals surface area contributed by atoms with Gasteiger partial charge in [0.2, 0.25) is 0 Å². The highest BCUT2D eigenvalue weighted by Crippen LogP contribution is 2.36. The summed E-state index contributed by atoms with van der Waals surface area (Å²) in [6, 6.07) is 0. The molecule has 2 rings (SSSR count). The van der Waals surface area contributed by atoms with Gasteiger partial charge in [0, 0.05) is 26.7 Å². The second-order valence-electron chi connectivity index (χ2n) is 7.42. The van der Waals surface area contributed by atoms with E-state index >= 15 is 0 Å². The molecule has 1 heterocycles. The number of rotatable bonds is 2. The van der Waals surface area contributed by atoms with Gasteiger partial charge in [-0.05, 0) is 32.1 Å². The molecular weight excluding hydrogens is 286 g/mol. The Morgan fingerprint density at radius 2 is 1.86 bits per heavy atom. The average Bonchev–Trinajstić information content (AvgIpc) is 2.81. The van der Waals surface area contributed by atoms with Gasteiger partial charge >= 0.3 is 0 Å². The second kappa shape index (κ2) is 5.78. The van der Waals surface area contributed by atoms with Gasteiger partial charge in [0.15, 0.2) is 15.8 Å². The number of nitrogens with zero attached hydrogens (tertiary/aromatic N) is 2. The first-order chi connectivity index (χ1) is 9.69. The Labute approximate surface area is 129 Å². The zero-order valence-electron chi connectivity index (χ0n) is 13.8. The number of hydrogen-bond acceptors (Lipinski definition) is 3. The lowest BCUT2D eigenvalue weighted by Gasteiger charge is -2.39. The highest BCUT2D eigenvalue weighted by Gasteiger charge is 2.41. The van der Waals surface area contributed by atoms with Crippen molar-refractivity contribution in [2.24, 2.45) is 10.4 Å². The van der Waals surface area contributed by atoms with Crippen LogP contribution in [0.25, 0.3) is 0 Å². The Morgan fingerprint density at radius 1 is 1.24 bits per heavy atom. The summed E-state index contributed by atoms with van der Waals surface area (Å²) in [5.41, 5.74) is 0.354. The molecule has 0 spiro atoms. The number of sulfone groups is 1. The van der Waals surface area contributed by atoms with Crippen LogP contribution in [0.2, 0.25) is 0 Å². The normalized spacial score (nSPS) is 27.6. The summed E-state index contributed by atoms with van der Waals surface area (Å²) in [6.07, 6.45) is 5.14. The predicted molar refractivity (Wildman–Crippen MR) is 87.4 cm³/mol.